The quantitative estimate of drug-likeness (QED) is 0.824. The van der Waals surface area contributed by atoms with Gasteiger partial charge < -0.3 is 10.0 Å². The van der Waals surface area contributed by atoms with Crippen molar-refractivity contribution in [3.8, 4) is 11.4 Å². The van der Waals surface area contributed by atoms with E-state index in [0.29, 0.717) is 35.4 Å². The zero-order valence-corrected chi connectivity index (χ0v) is 14.3. The van der Waals surface area contributed by atoms with E-state index in [9.17, 15) is 9.50 Å². The van der Waals surface area contributed by atoms with Gasteiger partial charge in [0.05, 0.1) is 12.1 Å². The van der Waals surface area contributed by atoms with E-state index < -0.39 is 0 Å². The predicted molar refractivity (Wildman–Crippen MR) is 90.7 cm³/mol. The Balaban J connectivity index is 1.70. The van der Waals surface area contributed by atoms with Crippen LogP contribution in [0.5, 0.6) is 0 Å². The number of nitrogens with one attached hydrogen (secondary N) is 1. The maximum Gasteiger partial charge on any atom is 0.203 e. The second-order valence-corrected chi connectivity index (χ2v) is 7.21. The van der Waals surface area contributed by atoms with Gasteiger partial charge in [-0.2, -0.15) is 4.68 Å². The number of aromatic nitrogens is 3. The van der Waals surface area contributed by atoms with Crippen LogP contribution in [0.2, 0.25) is 0 Å². The summed E-state index contributed by atoms with van der Waals surface area (Å²) in [7, 11) is 0. The summed E-state index contributed by atoms with van der Waals surface area (Å²) in [5, 5.41) is 14.5. The Hall–Kier alpha value is -1.57. The van der Waals surface area contributed by atoms with Crippen molar-refractivity contribution in [3.05, 3.63) is 34.9 Å². The van der Waals surface area contributed by atoms with Gasteiger partial charge in [0, 0.05) is 6.04 Å². The summed E-state index contributed by atoms with van der Waals surface area (Å²) in [6, 6.07) is 7.06. The summed E-state index contributed by atoms with van der Waals surface area (Å²) in [6.45, 7) is 2.34. The highest BCUT2D eigenvalue weighted by molar-refractivity contribution is 7.71. The van der Waals surface area contributed by atoms with Gasteiger partial charge >= 0.3 is 0 Å². The lowest BCUT2D eigenvalue weighted by Gasteiger charge is -2.26. The van der Waals surface area contributed by atoms with Crippen molar-refractivity contribution >= 4 is 12.2 Å². The second kappa shape index (κ2) is 6.38. The predicted octanol–water partition coefficient (Wildman–Crippen LogP) is 1.55. The van der Waals surface area contributed by atoms with Crippen LogP contribution >= 0.6 is 12.2 Å². The molecule has 1 aliphatic carbocycles. The first-order valence-electron chi connectivity index (χ1n) is 8.59. The van der Waals surface area contributed by atoms with Crippen molar-refractivity contribution in [3.63, 3.8) is 0 Å². The number of halogens is 1. The van der Waals surface area contributed by atoms with Crippen LogP contribution < -0.4 is 4.90 Å². The van der Waals surface area contributed by atoms with Gasteiger partial charge in [0.15, 0.2) is 12.5 Å². The minimum absolute atomic E-state index is 0.250. The van der Waals surface area contributed by atoms with Crippen LogP contribution in [0.1, 0.15) is 31.7 Å². The third kappa shape index (κ3) is 3.03. The van der Waals surface area contributed by atoms with Crippen LogP contribution in [0.15, 0.2) is 24.3 Å². The molecule has 2 atom stereocenters. The van der Waals surface area contributed by atoms with Gasteiger partial charge in [-0.05, 0) is 50.0 Å². The Labute approximate surface area is 145 Å². The van der Waals surface area contributed by atoms with E-state index in [2.05, 4.69) is 5.10 Å². The molecular weight excluding hydrogens is 327 g/mol. The van der Waals surface area contributed by atoms with E-state index in [4.69, 9.17) is 12.2 Å². The molecule has 7 heteroatoms. The monoisotopic (exact) mass is 349 g/mol. The lowest BCUT2D eigenvalue weighted by Crippen LogP contribution is -3.13. The Morgan fingerprint density at radius 2 is 2.08 bits per heavy atom. The molecule has 2 fully saturated rings. The molecule has 5 nitrogen and oxygen atoms in total. The average molecular weight is 349 g/mol. The second-order valence-electron chi connectivity index (χ2n) is 6.85. The third-order valence-electron chi connectivity index (χ3n) is 4.86. The fourth-order valence-electron chi connectivity index (χ4n) is 3.49. The Morgan fingerprint density at radius 1 is 1.29 bits per heavy atom. The fourth-order valence-corrected chi connectivity index (χ4v) is 3.83. The zero-order chi connectivity index (χ0) is 16.7. The molecule has 1 saturated carbocycles. The van der Waals surface area contributed by atoms with Crippen molar-refractivity contribution in [1.82, 2.24) is 14.3 Å². The molecule has 1 unspecified atom stereocenters. The fraction of sp³-hybridized carbons (Fsp3) is 0.529. The van der Waals surface area contributed by atoms with Crippen LogP contribution in [0.3, 0.4) is 0 Å². The van der Waals surface area contributed by atoms with E-state index in [-0.39, 0.29) is 11.9 Å². The van der Waals surface area contributed by atoms with Gasteiger partial charge in [0.25, 0.3) is 0 Å². The van der Waals surface area contributed by atoms with Crippen molar-refractivity contribution < 1.29 is 14.4 Å². The van der Waals surface area contributed by atoms with Crippen molar-refractivity contribution in [2.75, 3.05) is 13.1 Å². The first-order chi connectivity index (χ1) is 11.6. The number of benzene rings is 1. The number of quaternary nitrogens is 1. The SMILES string of the molecule is O[C@H]1CCC[NH+](Cn2nc(-c3ccccc3F)n(C3CC3)c2=S)C1. The number of aliphatic hydroxyl groups is 1. The molecule has 0 spiro atoms. The molecule has 2 aliphatic rings. The Bertz CT molecular complexity index is 798. The van der Waals surface area contributed by atoms with Gasteiger partial charge in [-0.25, -0.2) is 4.39 Å². The number of aliphatic hydroxyl groups excluding tert-OH is 1. The number of piperidine rings is 1. The molecular formula is C17H22FN4OS+. The van der Waals surface area contributed by atoms with Gasteiger partial charge in [-0.15, -0.1) is 5.10 Å². The lowest BCUT2D eigenvalue weighted by molar-refractivity contribution is -0.931. The highest BCUT2D eigenvalue weighted by atomic mass is 32.1. The molecule has 2 heterocycles. The molecule has 2 aromatic rings. The van der Waals surface area contributed by atoms with Crippen molar-refractivity contribution in [2.45, 2.75) is 44.5 Å². The number of hydrogen-bond donors (Lipinski definition) is 2. The molecule has 24 heavy (non-hydrogen) atoms. The summed E-state index contributed by atoms with van der Waals surface area (Å²) < 4.78 is 18.7. The first kappa shape index (κ1) is 15.9. The highest BCUT2D eigenvalue weighted by Gasteiger charge is 2.31. The largest absolute Gasteiger partial charge is 0.387 e. The van der Waals surface area contributed by atoms with E-state index in [1.54, 1.807) is 12.1 Å². The standard InChI is InChI=1S/C17H21FN4OS/c18-15-6-2-1-5-14(15)16-19-21(17(24)22(16)12-7-8-12)11-20-9-3-4-13(23)10-20/h1-2,5-6,12-13,23H,3-4,7-11H2/p+1/t13-/m0/s1. The number of nitrogens with zero attached hydrogens (tertiary/aromatic N) is 3. The molecule has 0 radical (unpaired) electrons. The summed E-state index contributed by atoms with van der Waals surface area (Å²) >= 11 is 5.64. The topological polar surface area (TPSA) is 47.4 Å². The normalized spacial score (nSPS) is 24.2. The lowest BCUT2D eigenvalue weighted by atomic mass is 10.1. The number of rotatable bonds is 4. The molecule has 2 N–H and O–H groups in total. The van der Waals surface area contributed by atoms with Crippen molar-refractivity contribution in [1.29, 1.82) is 0 Å². The molecule has 0 amide bonds. The van der Waals surface area contributed by atoms with Crippen LogP contribution in [-0.2, 0) is 6.67 Å². The molecule has 1 aliphatic heterocycles. The molecule has 1 aromatic heterocycles. The summed E-state index contributed by atoms with van der Waals surface area (Å²) in [5.41, 5.74) is 0.503. The van der Waals surface area contributed by atoms with Crippen LogP contribution in [0.4, 0.5) is 4.39 Å². The molecule has 1 aromatic carbocycles. The van der Waals surface area contributed by atoms with Crippen LogP contribution in [-0.4, -0.2) is 38.6 Å². The van der Waals surface area contributed by atoms with E-state index in [1.807, 2.05) is 15.3 Å². The molecule has 0 bridgehead atoms. The molecule has 4 rings (SSSR count). The minimum Gasteiger partial charge on any atom is -0.387 e. The Kier molecular flexibility index (Phi) is 4.24. The van der Waals surface area contributed by atoms with E-state index in [0.717, 1.165) is 32.2 Å². The van der Waals surface area contributed by atoms with Gasteiger partial charge in [-0.3, -0.25) is 4.57 Å². The summed E-state index contributed by atoms with van der Waals surface area (Å²) in [5.74, 6) is 0.352. The smallest absolute Gasteiger partial charge is 0.203 e. The van der Waals surface area contributed by atoms with Crippen molar-refractivity contribution in [2.24, 2.45) is 0 Å². The Morgan fingerprint density at radius 3 is 2.79 bits per heavy atom. The summed E-state index contributed by atoms with van der Waals surface area (Å²) in [4.78, 5) is 1.27. The van der Waals surface area contributed by atoms with Crippen LogP contribution in [0.25, 0.3) is 11.4 Å². The van der Waals surface area contributed by atoms with E-state index in [1.165, 1.54) is 11.0 Å². The highest BCUT2D eigenvalue weighted by Crippen LogP contribution is 2.38. The maximum absolute atomic E-state index is 14.3. The first-order valence-corrected chi connectivity index (χ1v) is 9.00. The average Bonchev–Trinajstić information content (AvgIpc) is 3.34. The molecule has 1 saturated heterocycles. The van der Waals surface area contributed by atoms with Crippen LogP contribution in [0, 0.1) is 10.6 Å². The summed E-state index contributed by atoms with van der Waals surface area (Å²) in [6.07, 6.45) is 3.76. The number of likely N-dealkylation sites (tertiary alicyclic amines) is 1. The van der Waals surface area contributed by atoms with Gasteiger partial charge in [-0.1, -0.05) is 12.1 Å². The van der Waals surface area contributed by atoms with E-state index >= 15 is 0 Å². The zero-order valence-electron chi connectivity index (χ0n) is 13.5. The minimum atomic E-state index is -0.271. The van der Waals surface area contributed by atoms with Gasteiger partial charge in [0.2, 0.25) is 4.77 Å². The number of hydrogen-bond acceptors (Lipinski definition) is 3. The third-order valence-corrected chi connectivity index (χ3v) is 5.27. The maximum atomic E-state index is 14.3. The van der Waals surface area contributed by atoms with Gasteiger partial charge in [0.1, 0.15) is 18.5 Å². The molecule has 128 valence electrons.